The number of nitrogens with zero attached hydrogens (tertiary/aromatic N) is 3. The second-order valence-electron chi connectivity index (χ2n) is 3.42. The normalized spacial score (nSPS) is 10.7. The minimum absolute atomic E-state index is 0.132. The highest BCUT2D eigenvalue weighted by molar-refractivity contribution is 7.20. The van der Waals surface area contributed by atoms with Crippen LogP contribution in [0.15, 0.2) is 12.3 Å². The number of hydrogen-bond acceptors (Lipinski definition) is 5. The van der Waals surface area contributed by atoms with Crippen LogP contribution >= 0.6 is 46.1 Å². The van der Waals surface area contributed by atoms with Crippen molar-refractivity contribution in [1.82, 2.24) is 9.78 Å². The highest BCUT2D eigenvalue weighted by Crippen LogP contribution is 2.31. The van der Waals surface area contributed by atoms with Crippen molar-refractivity contribution >= 4 is 57.7 Å². The van der Waals surface area contributed by atoms with Gasteiger partial charge in [-0.1, -0.05) is 34.8 Å². The predicted octanol–water partition coefficient (Wildman–Crippen LogP) is 3.70. The lowest BCUT2D eigenvalue weighted by Gasteiger charge is -1.95. The number of Topliss-reactive ketones (excluding diaryl/α,β-unsaturated/α-hetero) is 1. The molecule has 0 amide bonds. The van der Waals surface area contributed by atoms with Gasteiger partial charge in [0.25, 0.3) is 0 Å². The first kappa shape index (κ1) is 14.3. The molecule has 2 heterocycles. The summed E-state index contributed by atoms with van der Waals surface area (Å²) in [6.07, 6.45) is 1.21. The van der Waals surface area contributed by atoms with Crippen LogP contribution in [0.25, 0.3) is 0 Å². The van der Waals surface area contributed by atoms with Gasteiger partial charge >= 0.3 is 5.82 Å². The number of nitro groups is 1. The average Bonchev–Trinajstić information content (AvgIpc) is 2.81. The number of carbonyl (C=O) groups excluding carboxylic acids is 1. The Kier molecular flexibility index (Phi) is 4.10. The van der Waals surface area contributed by atoms with Crippen molar-refractivity contribution in [2.75, 3.05) is 0 Å². The smallest absolute Gasteiger partial charge is 0.358 e. The largest absolute Gasteiger partial charge is 0.408 e. The third kappa shape index (κ3) is 3.06. The molecule has 2 aromatic rings. The first-order chi connectivity index (χ1) is 8.88. The highest BCUT2D eigenvalue weighted by Gasteiger charge is 2.22. The van der Waals surface area contributed by atoms with Crippen LogP contribution in [-0.4, -0.2) is 20.5 Å². The molecule has 0 aliphatic carbocycles. The number of thiophene rings is 1. The van der Waals surface area contributed by atoms with E-state index < -0.39 is 10.7 Å². The Morgan fingerprint density at radius 2 is 2.16 bits per heavy atom. The number of halogens is 3. The molecule has 0 aliphatic rings. The Bertz CT molecular complexity index is 667. The minimum atomic E-state index is -0.724. The van der Waals surface area contributed by atoms with E-state index in [0.29, 0.717) is 4.34 Å². The third-order valence-corrected chi connectivity index (χ3v) is 3.89. The van der Waals surface area contributed by atoms with Gasteiger partial charge in [-0.15, -0.1) is 11.3 Å². The minimum Gasteiger partial charge on any atom is -0.358 e. The highest BCUT2D eigenvalue weighted by atomic mass is 35.5. The van der Waals surface area contributed by atoms with Crippen molar-refractivity contribution in [3.63, 3.8) is 0 Å². The molecule has 0 unspecified atom stereocenters. The van der Waals surface area contributed by atoms with E-state index in [0.717, 1.165) is 16.0 Å². The van der Waals surface area contributed by atoms with E-state index in [9.17, 15) is 14.9 Å². The predicted molar refractivity (Wildman–Crippen MR) is 72.6 cm³/mol. The van der Waals surface area contributed by atoms with Gasteiger partial charge < -0.3 is 10.1 Å². The molecular formula is C9H4Cl3N3O3S. The first-order valence-electron chi connectivity index (χ1n) is 4.74. The zero-order valence-corrected chi connectivity index (χ0v) is 12.1. The molecule has 2 aromatic heterocycles. The Morgan fingerprint density at radius 3 is 2.63 bits per heavy atom. The molecule has 0 radical (unpaired) electrons. The van der Waals surface area contributed by atoms with Crippen molar-refractivity contribution in [3.05, 3.63) is 41.6 Å². The van der Waals surface area contributed by atoms with Crippen molar-refractivity contribution in [3.8, 4) is 0 Å². The summed E-state index contributed by atoms with van der Waals surface area (Å²) in [4.78, 5) is 21.8. The first-order valence-corrected chi connectivity index (χ1v) is 6.69. The van der Waals surface area contributed by atoms with Crippen LogP contribution in [0.3, 0.4) is 0 Å². The van der Waals surface area contributed by atoms with Gasteiger partial charge in [-0.2, -0.15) is 4.68 Å². The Morgan fingerprint density at radius 1 is 1.47 bits per heavy atom. The van der Waals surface area contributed by atoms with E-state index >= 15 is 0 Å². The summed E-state index contributed by atoms with van der Waals surface area (Å²) in [5.74, 6) is -0.855. The quantitative estimate of drug-likeness (QED) is 0.483. The molecule has 0 atom stereocenters. The van der Waals surface area contributed by atoms with E-state index in [1.54, 1.807) is 0 Å². The third-order valence-electron chi connectivity index (χ3n) is 2.13. The summed E-state index contributed by atoms with van der Waals surface area (Å²) in [7, 11) is 0. The number of hydrogen-bond donors (Lipinski definition) is 0. The molecule has 10 heteroatoms. The van der Waals surface area contributed by atoms with Crippen molar-refractivity contribution in [2.24, 2.45) is 0 Å². The maximum Gasteiger partial charge on any atom is 0.408 e. The summed E-state index contributed by atoms with van der Waals surface area (Å²) in [6, 6.07) is 1.44. The van der Waals surface area contributed by atoms with Crippen molar-refractivity contribution in [2.45, 2.75) is 6.54 Å². The van der Waals surface area contributed by atoms with Gasteiger partial charge in [0.2, 0.25) is 0 Å². The number of aromatic nitrogens is 2. The molecule has 0 saturated heterocycles. The fraction of sp³-hybridized carbons (Fsp3) is 0.111. The summed E-state index contributed by atoms with van der Waals surface area (Å²) >= 11 is 18.3. The fourth-order valence-electron chi connectivity index (χ4n) is 1.35. The monoisotopic (exact) mass is 339 g/mol. The standard InChI is InChI=1S/C9H4Cl3N3O3S/c10-5-2-14(13-9(5)15(17)18)3-6(16)4-1-7(11)19-8(4)12/h1-2H,3H2. The lowest BCUT2D eigenvalue weighted by atomic mass is 10.2. The molecule has 6 nitrogen and oxygen atoms in total. The van der Waals surface area contributed by atoms with E-state index in [2.05, 4.69) is 5.10 Å². The molecule has 0 saturated carbocycles. The van der Waals surface area contributed by atoms with Crippen molar-refractivity contribution < 1.29 is 9.72 Å². The Labute approximate surface area is 125 Å². The van der Waals surface area contributed by atoms with Crippen LogP contribution < -0.4 is 0 Å². The fourth-order valence-corrected chi connectivity index (χ4v) is 3.07. The molecular weight excluding hydrogens is 337 g/mol. The topological polar surface area (TPSA) is 78.0 Å². The van der Waals surface area contributed by atoms with Crippen LogP contribution in [-0.2, 0) is 6.54 Å². The molecule has 0 fully saturated rings. The lowest BCUT2D eigenvalue weighted by Crippen LogP contribution is -2.10. The molecule has 100 valence electrons. The summed E-state index contributed by atoms with van der Waals surface area (Å²) < 4.78 is 1.74. The van der Waals surface area contributed by atoms with E-state index in [-0.39, 0.29) is 27.3 Å². The van der Waals surface area contributed by atoms with E-state index in [1.807, 2.05) is 0 Å². The number of rotatable bonds is 4. The molecule has 0 bridgehead atoms. The zero-order chi connectivity index (χ0) is 14.2. The van der Waals surface area contributed by atoms with Gasteiger partial charge in [0, 0.05) is 0 Å². The second kappa shape index (κ2) is 5.46. The number of carbonyl (C=O) groups is 1. The number of ketones is 1. The van der Waals surface area contributed by atoms with Crippen molar-refractivity contribution in [1.29, 1.82) is 0 Å². The molecule has 0 spiro atoms. The van der Waals surface area contributed by atoms with Gasteiger partial charge in [-0.05, 0) is 11.0 Å². The Hall–Kier alpha value is -1.15. The van der Waals surface area contributed by atoms with Crippen LogP contribution in [0.2, 0.25) is 13.7 Å². The van der Waals surface area contributed by atoms with E-state index in [4.69, 9.17) is 34.8 Å². The average molecular weight is 341 g/mol. The molecule has 0 N–H and O–H groups in total. The maximum absolute atomic E-state index is 11.9. The van der Waals surface area contributed by atoms with E-state index in [1.165, 1.54) is 12.3 Å². The van der Waals surface area contributed by atoms with Gasteiger partial charge in [-0.25, -0.2) is 0 Å². The zero-order valence-electron chi connectivity index (χ0n) is 8.97. The SMILES string of the molecule is O=C(Cn1cc(Cl)c([N+](=O)[O-])n1)c1cc(Cl)sc1Cl. The summed E-state index contributed by atoms with van der Waals surface area (Å²) in [6.45, 7) is -0.208. The van der Waals surface area contributed by atoms with Gasteiger partial charge in [-0.3, -0.25) is 4.79 Å². The van der Waals surface area contributed by atoms with Crippen LogP contribution in [0.5, 0.6) is 0 Å². The summed E-state index contributed by atoms with van der Waals surface area (Å²) in [5, 5.41) is 14.0. The molecule has 0 aliphatic heterocycles. The lowest BCUT2D eigenvalue weighted by molar-refractivity contribution is -0.389. The molecule has 2 rings (SSSR count). The van der Waals surface area contributed by atoms with Gasteiger partial charge in [0.15, 0.2) is 10.8 Å². The van der Waals surface area contributed by atoms with Crippen LogP contribution in [0.4, 0.5) is 5.82 Å². The summed E-state index contributed by atoms with van der Waals surface area (Å²) in [5.41, 5.74) is 0.256. The Balaban J connectivity index is 2.22. The van der Waals surface area contributed by atoms with Crippen LogP contribution in [0, 0.1) is 10.1 Å². The van der Waals surface area contributed by atoms with Crippen LogP contribution in [0.1, 0.15) is 10.4 Å². The molecule has 0 aromatic carbocycles. The molecule has 19 heavy (non-hydrogen) atoms. The maximum atomic E-state index is 11.9. The van der Waals surface area contributed by atoms with Gasteiger partial charge in [0.1, 0.15) is 10.9 Å². The second-order valence-corrected chi connectivity index (χ2v) is 6.11. The van der Waals surface area contributed by atoms with Gasteiger partial charge in [0.05, 0.1) is 21.2 Å².